The van der Waals surface area contributed by atoms with E-state index in [4.69, 9.17) is 4.74 Å². The summed E-state index contributed by atoms with van der Waals surface area (Å²) >= 11 is 0. The van der Waals surface area contributed by atoms with Gasteiger partial charge >= 0.3 is 5.97 Å². The first-order chi connectivity index (χ1) is 27.0. The van der Waals surface area contributed by atoms with Crippen LogP contribution in [0.3, 0.4) is 0 Å². The molecule has 4 atom stereocenters. The van der Waals surface area contributed by atoms with Crippen LogP contribution in [0.2, 0.25) is 0 Å². The highest BCUT2D eigenvalue weighted by atomic mass is 16.5. The molecule has 0 aliphatic heterocycles. The number of hydrogen-bond donors (Lipinski definition) is 2. The van der Waals surface area contributed by atoms with Crippen molar-refractivity contribution in [2.75, 3.05) is 6.61 Å². The Labute approximate surface area is 347 Å². The van der Waals surface area contributed by atoms with Crippen LogP contribution in [-0.2, 0) is 14.3 Å². The number of hydrogen-bond acceptors (Lipinski definition) is 5. The third kappa shape index (κ3) is 19.2. The van der Waals surface area contributed by atoms with Gasteiger partial charge in [0, 0.05) is 24.2 Å². The van der Waals surface area contributed by atoms with Gasteiger partial charge in [-0.15, -0.1) is 0 Å². The Morgan fingerprint density at radius 3 is 1.89 bits per heavy atom. The van der Waals surface area contributed by atoms with Crippen molar-refractivity contribution in [3.63, 3.8) is 0 Å². The van der Waals surface area contributed by atoms with Crippen molar-refractivity contribution >= 4 is 11.8 Å². The van der Waals surface area contributed by atoms with Crippen LogP contribution in [-0.4, -0.2) is 40.8 Å². The topological polar surface area (TPSA) is 83.8 Å². The lowest BCUT2D eigenvalue weighted by Gasteiger charge is -2.39. The lowest BCUT2D eigenvalue weighted by atomic mass is 9.67. The molecule has 2 rings (SSSR count). The zero-order chi connectivity index (χ0) is 42.4. The Hall–Kier alpha value is -3.54. The number of allylic oxidation sites excluding steroid dienone is 17. The second-order valence-corrected chi connectivity index (χ2v) is 17.9. The lowest BCUT2D eigenvalue weighted by molar-refractivity contribution is -0.147. The average Bonchev–Trinajstić information content (AvgIpc) is 3.12. The van der Waals surface area contributed by atoms with Gasteiger partial charge in [0.05, 0.1) is 12.2 Å². The second kappa shape index (κ2) is 25.7. The Balaban J connectivity index is 1.88. The summed E-state index contributed by atoms with van der Waals surface area (Å²) in [4.78, 5) is 26.1. The summed E-state index contributed by atoms with van der Waals surface area (Å²) in [5.41, 5.74) is 6.74. The molecule has 316 valence electrons. The fraction of sp³-hybridized carbons (Fsp3) is 0.577. The number of aliphatic hydroxyl groups is 2. The highest BCUT2D eigenvalue weighted by Crippen LogP contribution is 2.44. The number of rotatable bonds is 23. The van der Waals surface area contributed by atoms with Crippen molar-refractivity contribution in [2.24, 2.45) is 16.7 Å². The largest absolute Gasteiger partial charge is 0.465 e. The van der Waals surface area contributed by atoms with Gasteiger partial charge in [-0.2, -0.15) is 0 Å². The quantitative estimate of drug-likeness (QED) is 0.0354. The van der Waals surface area contributed by atoms with E-state index in [1.807, 2.05) is 70.2 Å². The van der Waals surface area contributed by atoms with Gasteiger partial charge in [-0.25, -0.2) is 0 Å². The van der Waals surface area contributed by atoms with Crippen molar-refractivity contribution < 1.29 is 24.5 Å². The van der Waals surface area contributed by atoms with E-state index in [9.17, 15) is 19.8 Å². The number of carbonyl (C=O) groups excluding carboxylic acids is 2. The molecule has 0 aromatic rings. The molecule has 0 spiro atoms. The summed E-state index contributed by atoms with van der Waals surface area (Å²) in [5.74, 6) is 0.165. The van der Waals surface area contributed by atoms with Gasteiger partial charge in [0.15, 0.2) is 5.78 Å². The minimum absolute atomic E-state index is 0.0299. The third-order valence-corrected chi connectivity index (χ3v) is 11.6. The summed E-state index contributed by atoms with van der Waals surface area (Å²) in [6.45, 7) is 21.0. The maximum absolute atomic E-state index is 13.4. The normalized spacial score (nSPS) is 24.1. The van der Waals surface area contributed by atoms with Crippen LogP contribution in [0.15, 0.2) is 118 Å². The molecule has 0 saturated heterocycles. The highest BCUT2D eigenvalue weighted by molar-refractivity contribution is 5.96. The van der Waals surface area contributed by atoms with Gasteiger partial charge in [-0.1, -0.05) is 191 Å². The van der Waals surface area contributed by atoms with Crippen molar-refractivity contribution in [3.8, 4) is 0 Å². The minimum Gasteiger partial charge on any atom is -0.465 e. The minimum atomic E-state index is -0.571. The van der Waals surface area contributed by atoms with E-state index >= 15 is 0 Å². The molecule has 0 saturated carbocycles. The molecule has 5 nitrogen and oxygen atoms in total. The summed E-state index contributed by atoms with van der Waals surface area (Å²) in [7, 11) is 0. The molecule has 5 heteroatoms. The highest BCUT2D eigenvalue weighted by Gasteiger charge is 2.39. The van der Waals surface area contributed by atoms with E-state index < -0.39 is 11.5 Å². The second-order valence-electron chi connectivity index (χ2n) is 17.9. The van der Waals surface area contributed by atoms with Gasteiger partial charge in [0.1, 0.15) is 6.61 Å². The van der Waals surface area contributed by atoms with E-state index in [1.54, 1.807) is 0 Å². The van der Waals surface area contributed by atoms with Gasteiger partial charge in [-0.3, -0.25) is 9.59 Å². The monoisotopic (exact) mass is 783 g/mol. The molecule has 2 aliphatic carbocycles. The predicted molar refractivity (Wildman–Crippen MR) is 242 cm³/mol. The fourth-order valence-electron chi connectivity index (χ4n) is 8.19. The van der Waals surface area contributed by atoms with E-state index in [0.29, 0.717) is 30.8 Å². The van der Waals surface area contributed by atoms with Gasteiger partial charge in [-0.05, 0) is 78.2 Å². The van der Waals surface area contributed by atoms with Crippen molar-refractivity contribution in [1.82, 2.24) is 0 Å². The molecule has 0 radical (unpaired) electrons. The molecule has 4 unspecified atom stereocenters. The molecular formula is C52H78O5. The third-order valence-electron chi connectivity index (χ3n) is 11.6. The van der Waals surface area contributed by atoms with Crippen LogP contribution >= 0.6 is 0 Å². The van der Waals surface area contributed by atoms with Crippen LogP contribution < -0.4 is 0 Å². The van der Waals surface area contributed by atoms with Crippen LogP contribution in [0.25, 0.3) is 0 Å². The van der Waals surface area contributed by atoms with Gasteiger partial charge in [0.25, 0.3) is 0 Å². The van der Waals surface area contributed by atoms with Crippen molar-refractivity contribution in [1.29, 1.82) is 0 Å². The lowest BCUT2D eigenvalue weighted by Crippen LogP contribution is -2.37. The standard InChI is InChI=1S/C52H78O5/c1-11-12-13-14-15-16-17-18-19-30-50(56)57-38-52(10)37-46(54)34-44(7)48(52)35-49(55)42(5)29-23-28-40(3)25-21-20-24-39(2)26-22-27-41(4)31-32-47-43(6)33-45(53)36-51(47,8)9/h20-29,31-33,45-47,53-54H,11-19,30,34-38H2,1-10H3. The first-order valence-electron chi connectivity index (χ1n) is 21.8. The molecule has 57 heavy (non-hydrogen) atoms. The number of unbranched alkanes of at least 4 members (excludes halogenated alkanes) is 8. The first-order valence-corrected chi connectivity index (χ1v) is 21.8. The number of aliphatic hydroxyl groups excluding tert-OH is 2. The van der Waals surface area contributed by atoms with Crippen molar-refractivity contribution in [3.05, 3.63) is 118 Å². The maximum Gasteiger partial charge on any atom is 0.305 e. The van der Waals surface area contributed by atoms with Crippen molar-refractivity contribution in [2.45, 2.75) is 171 Å². The number of esters is 1. The first kappa shape index (κ1) is 49.6. The molecule has 0 heterocycles. The number of carbonyl (C=O) groups is 2. The van der Waals surface area contributed by atoms with E-state index in [-0.39, 0.29) is 36.3 Å². The number of Topliss-reactive ketones (excluding diaryl/α,β-unsaturated/α-hetero) is 1. The zero-order valence-electron chi connectivity index (χ0n) is 37.5. The van der Waals surface area contributed by atoms with Gasteiger partial charge < -0.3 is 14.9 Å². The maximum atomic E-state index is 13.4. The molecule has 2 aliphatic rings. The Morgan fingerprint density at radius 2 is 1.30 bits per heavy atom. The summed E-state index contributed by atoms with van der Waals surface area (Å²) in [6, 6.07) is 0. The molecule has 0 aromatic heterocycles. The average molecular weight is 783 g/mol. The Bertz CT molecular complexity index is 1620. The summed E-state index contributed by atoms with van der Waals surface area (Å²) < 4.78 is 5.78. The number of ketones is 1. The smallest absolute Gasteiger partial charge is 0.305 e. The molecular weight excluding hydrogens is 705 g/mol. The molecule has 2 N–H and O–H groups in total. The van der Waals surface area contributed by atoms with Gasteiger partial charge in [0.2, 0.25) is 0 Å². The van der Waals surface area contributed by atoms with Crippen LogP contribution in [0, 0.1) is 16.7 Å². The summed E-state index contributed by atoms with van der Waals surface area (Å²) in [5, 5.41) is 20.7. The van der Waals surface area contributed by atoms with E-state index in [1.165, 1.54) is 49.7 Å². The van der Waals surface area contributed by atoms with Crippen LogP contribution in [0.1, 0.15) is 159 Å². The predicted octanol–water partition coefficient (Wildman–Crippen LogP) is 13.3. The summed E-state index contributed by atoms with van der Waals surface area (Å²) in [6.07, 6.45) is 39.0. The molecule has 0 aromatic carbocycles. The van der Waals surface area contributed by atoms with Crippen LogP contribution in [0.5, 0.6) is 0 Å². The molecule has 0 bridgehead atoms. The van der Waals surface area contributed by atoms with E-state index in [2.05, 4.69) is 78.0 Å². The van der Waals surface area contributed by atoms with E-state index in [0.717, 1.165) is 48.0 Å². The van der Waals surface area contributed by atoms with Crippen LogP contribution in [0.4, 0.5) is 0 Å². The fourth-order valence-corrected chi connectivity index (χ4v) is 8.19. The Kier molecular flexibility index (Phi) is 22.4. The zero-order valence-corrected chi connectivity index (χ0v) is 37.5. The Morgan fingerprint density at radius 1 is 0.754 bits per heavy atom. The number of ether oxygens (including phenoxy) is 1. The molecule has 0 amide bonds. The molecule has 0 fully saturated rings. The SMILES string of the molecule is CCCCCCCCCCCC(=O)OCC1(C)CC(O)CC(C)=C1CC(=O)C(C)=CC=CC(C)=CC=CC=C(C)C=CC=C(C)C=CC1C(C)=CC(O)CC1(C)C.